The first kappa shape index (κ1) is 25.4. The molecule has 1 spiro atoms. The van der Waals surface area contributed by atoms with E-state index in [0.717, 1.165) is 26.2 Å². The maximum atomic E-state index is 13.7. The third-order valence-corrected chi connectivity index (χ3v) is 7.52. The molecule has 0 unspecified atom stereocenters. The van der Waals surface area contributed by atoms with Crippen LogP contribution < -0.4 is 11.5 Å². The Labute approximate surface area is 218 Å². The Morgan fingerprint density at radius 1 is 1.29 bits per heavy atom. The summed E-state index contributed by atoms with van der Waals surface area (Å²) >= 11 is 0. The van der Waals surface area contributed by atoms with Crippen LogP contribution in [0.2, 0.25) is 0 Å². The van der Waals surface area contributed by atoms with Gasteiger partial charge in [-0.2, -0.15) is 10.2 Å². The molecule has 0 radical (unpaired) electrons. The van der Waals surface area contributed by atoms with Crippen LogP contribution >= 0.6 is 0 Å². The van der Waals surface area contributed by atoms with E-state index in [1.807, 2.05) is 0 Å². The highest BCUT2D eigenvalue weighted by Crippen LogP contribution is 2.54. The van der Waals surface area contributed by atoms with E-state index in [1.165, 1.54) is 12.1 Å². The number of aromatic nitrogens is 4. The van der Waals surface area contributed by atoms with Crippen molar-refractivity contribution in [1.82, 2.24) is 24.5 Å². The van der Waals surface area contributed by atoms with Gasteiger partial charge in [-0.15, -0.1) is 0 Å². The van der Waals surface area contributed by atoms with Gasteiger partial charge in [-0.1, -0.05) is 24.1 Å². The number of carbonyl (C=O) groups is 2. The van der Waals surface area contributed by atoms with E-state index in [9.17, 15) is 18.4 Å². The van der Waals surface area contributed by atoms with Gasteiger partial charge in [-0.3, -0.25) is 14.3 Å². The summed E-state index contributed by atoms with van der Waals surface area (Å²) in [5.74, 6) is 1.66. The highest BCUT2D eigenvalue weighted by molar-refractivity contribution is 6.03. The largest absolute Gasteiger partial charge is 0.383 e. The minimum atomic E-state index is -2.94. The Morgan fingerprint density at radius 2 is 2.05 bits per heavy atom. The molecule has 0 bridgehead atoms. The first-order valence-electron chi connectivity index (χ1n) is 12.4. The summed E-state index contributed by atoms with van der Waals surface area (Å²) in [6.45, 7) is 4.08. The van der Waals surface area contributed by atoms with Gasteiger partial charge in [0.05, 0.1) is 18.8 Å². The molecule has 3 aromatic rings. The molecule has 1 aliphatic heterocycles. The quantitative estimate of drug-likeness (QED) is 0.482. The fourth-order valence-corrected chi connectivity index (χ4v) is 5.61. The summed E-state index contributed by atoms with van der Waals surface area (Å²) in [5.41, 5.74) is 13.6. The molecule has 38 heavy (non-hydrogen) atoms. The number of amides is 2. The van der Waals surface area contributed by atoms with E-state index >= 15 is 0 Å². The van der Waals surface area contributed by atoms with Gasteiger partial charge in [0.25, 0.3) is 17.7 Å². The second-order valence-electron chi connectivity index (χ2n) is 10.3. The second kappa shape index (κ2) is 9.28. The van der Waals surface area contributed by atoms with Gasteiger partial charge in [-0.05, 0) is 49.2 Å². The Hall–Kier alpha value is -4.20. The number of anilines is 1. The number of benzene rings is 1. The van der Waals surface area contributed by atoms with Gasteiger partial charge in [0.1, 0.15) is 17.1 Å². The van der Waals surface area contributed by atoms with Crippen LogP contribution in [0.3, 0.4) is 0 Å². The number of primary amides is 1. The number of halogens is 2. The summed E-state index contributed by atoms with van der Waals surface area (Å²) < 4.78 is 30.7. The van der Waals surface area contributed by atoms with Crippen molar-refractivity contribution in [2.24, 2.45) is 11.1 Å². The van der Waals surface area contributed by atoms with E-state index in [0.29, 0.717) is 29.9 Å². The van der Waals surface area contributed by atoms with Crippen LogP contribution in [0.5, 0.6) is 0 Å². The average molecular weight is 522 g/mol. The number of nitrogen functional groups attached to an aromatic ring is 1. The maximum Gasteiger partial charge on any atom is 0.298 e. The van der Waals surface area contributed by atoms with Gasteiger partial charge in [0, 0.05) is 37.3 Å². The fourth-order valence-electron chi connectivity index (χ4n) is 5.61. The second-order valence-corrected chi connectivity index (χ2v) is 10.3. The monoisotopic (exact) mass is 521 g/mol. The van der Waals surface area contributed by atoms with Gasteiger partial charge < -0.3 is 16.4 Å². The first-order chi connectivity index (χ1) is 18.0. The van der Waals surface area contributed by atoms with E-state index < -0.39 is 11.8 Å². The molecule has 2 aliphatic rings. The van der Waals surface area contributed by atoms with Crippen LogP contribution in [0, 0.1) is 17.3 Å². The molecular weight excluding hydrogens is 492 g/mol. The van der Waals surface area contributed by atoms with Crippen LogP contribution in [0.25, 0.3) is 11.3 Å². The van der Waals surface area contributed by atoms with Gasteiger partial charge in [0.2, 0.25) is 0 Å². The SMILES string of the molecule is CC#CC(=O)N1CC[C@]2(C1)C[C@H](n1nc(-c3cnn(Cc4cccc(C(C)(F)F)c4)c3)c(C(N)=O)c1N)C2. The lowest BCUT2D eigenvalue weighted by molar-refractivity contribution is -0.125. The molecule has 3 heterocycles. The minimum absolute atomic E-state index is 0.00406. The molecule has 198 valence electrons. The van der Waals surface area contributed by atoms with Gasteiger partial charge >= 0.3 is 0 Å². The lowest BCUT2D eigenvalue weighted by Gasteiger charge is -2.45. The summed E-state index contributed by atoms with van der Waals surface area (Å²) in [5, 5.41) is 9.00. The van der Waals surface area contributed by atoms with Crippen molar-refractivity contribution in [3.8, 4) is 23.1 Å². The lowest BCUT2D eigenvalue weighted by Crippen LogP contribution is -2.42. The predicted molar refractivity (Wildman–Crippen MR) is 137 cm³/mol. The van der Waals surface area contributed by atoms with Crippen molar-refractivity contribution in [2.75, 3.05) is 18.8 Å². The predicted octanol–water partition coefficient (Wildman–Crippen LogP) is 3.16. The van der Waals surface area contributed by atoms with Crippen molar-refractivity contribution in [3.05, 3.63) is 53.3 Å². The molecule has 4 N–H and O–H groups in total. The number of hydrogen-bond donors (Lipinski definition) is 2. The summed E-state index contributed by atoms with van der Waals surface area (Å²) in [4.78, 5) is 26.3. The third-order valence-electron chi connectivity index (χ3n) is 7.52. The van der Waals surface area contributed by atoms with Crippen LogP contribution in [-0.4, -0.2) is 49.4 Å². The molecule has 1 aromatic carbocycles. The summed E-state index contributed by atoms with van der Waals surface area (Å²) in [6, 6.07) is 6.14. The Bertz CT molecular complexity index is 1470. The average Bonchev–Trinajstić information content (AvgIpc) is 3.55. The standard InChI is InChI=1S/C27H29F2N7O2/c1-3-5-21(37)34-9-8-27(16-34)11-20(12-27)36-24(30)22(25(31)38)23(33-36)18-13-32-35(15-18)14-17-6-4-7-19(10-17)26(2,28)29/h4,6-7,10,13,15,20H,8-9,11-12,14,16,30H2,1-2H3,(H2,31,38)/t20-,27-. The lowest BCUT2D eigenvalue weighted by atomic mass is 9.65. The van der Waals surface area contributed by atoms with Crippen molar-refractivity contribution in [2.45, 2.75) is 51.6 Å². The normalized spacial score (nSPS) is 20.7. The minimum Gasteiger partial charge on any atom is -0.383 e. The number of nitrogens with two attached hydrogens (primary N) is 2. The smallest absolute Gasteiger partial charge is 0.298 e. The van der Waals surface area contributed by atoms with Crippen LogP contribution in [0.1, 0.15) is 60.6 Å². The zero-order valence-electron chi connectivity index (χ0n) is 21.2. The van der Waals surface area contributed by atoms with E-state index in [-0.39, 0.29) is 40.9 Å². The number of hydrogen-bond acceptors (Lipinski definition) is 5. The topological polar surface area (TPSA) is 125 Å². The maximum absolute atomic E-state index is 13.7. The zero-order chi connectivity index (χ0) is 27.2. The zero-order valence-corrected chi connectivity index (χ0v) is 21.2. The van der Waals surface area contributed by atoms with Gasteiger partial charge in [-0.25, -0.2) is 13.5 Å². The van der Waals surface area contributed by atoms with Crippen LogP contribution in [-0.2, 0) is 17.3 Å². The molecule has 5 rings (SSSR count). The van der Waals surface area contributed by atoms with Crippen molar-refractivity contribution in [3.63, 3.8) is 0 Å². The fraction of sp³-hybridized carbons (Fsp3) is 0.407. The van der Waals surface area contributed by atoms with E-state index in [2.05, 4.69) is 22.0 Å². The van der Waals surface area contributed by atoms with Crippen molar-refractivity contribution in [1.29, 1.82) is 0 Å². The molecule has 1 saturated heterocycles. The number of rotatable bonds is 6. The molecule has 2 aromatic heterocycles. The molecule has 2 amide bonds. The first-order valence-corrected chi connectivity index (χ1v) is 12.4. The molecule has 11 heteroatoms. The number of carbonyl (C=O) groups excluding carboxylic acids is 2. The highest BCUT2D eigenvalue weighted by atomic mass is 19.3. The number of nitrogens with zero attached hydrogens (tertiary/aromatic N) is 5. The van der Waals surface area contributed by atoms with Crippen molar-refractivity contribution < 1.29 is 18.4 Å². The van der Waals surface area contributed by atoms with E-state index in [4.69, 9.17) is 11.5 Å². The molecule has 9 nitrogen and oxygen atoms in total. The highest BCUT2D eigenvalue weighted by Gasteiger charge is 2.51. The Balaban J connectivity index is 1.35. The Kier molecular flexibility index (Phi) is 6.21. The van der Waals surface area contributed by atoms with Crippen LogP contribution in [0.4, 0.5) is 14.6 Å². The molecule has 1 saturated carbocycles. The van der Waals surface area contributed by atoms with Crippen molar-refractivity contribution >= 4 is 17.6 Å². The molecular formula is C27H29F2N7O2. The molecule has 1 aliphatic carbocycles. The molecule has 2 fully saturated rings. The summed E-state index contributed by atoms with van der Waals surface area (Å²) in [6.07, 6.45) is 5.67. The summed E-state index contributed by atoms with van der Waals surface area (Å²) in [7, 11) is 0. The van der Waals surface area contributed by atoms with Gasteiger partial charge in [0.15, 0.2) is 0 Å². The Morgan fingerprint density at radius 3 is 2.74 bits per heavy atom. The number of likely N-dealkylation sites (tertiary alicyclic amines) is 1. The van der Waals surface area contributed by atoms with Crippen LogP contribution in [0.15, 0.2) is 36.7 Å². The number of alkyl halides is 2. The molecule has 0 atom stereocenters. The van der Waals surface area contributed by atoms with E-state index in [1.54, 1.807) is 45.7 Å². The third kappa shape index (κ3) is 4.62.